The Balaban J connectivity index is 2.11. The van der Waals surface area contributed by atoms with Gasteiger partial charge in [-0.2, -0.15) is 0 Å². The van der Waals surface area contributed by atoms with Crippen LogP contribution in [0.15, 0.2) is 47.3 Å². The van der Waals surface area contributed by atoms with Gasteiger partial charge >= 0.3 is 0 Å². The number of benzene rings is 1. The summed E-state index contributed by atoms with van der Waals surface area (Å²) >= 11 is 3.46. The molecule has 0 amide bonds. The number of halogens is 1. The first-order valence-electron chi connectivity index (χ1n) is 6.53. The predicted octanol–water partition coefficient (Wildman–Crippen LogP) is 3.52. The molecule has 0 fully saturated rings. The number of hydrogen-bond acceptors (Lipinski definition) is 3. The lowest BCUT2D eigenvalue weighted by atomic mass is 10.0. The van der Waals surface area contributed by atoms with Gasteiger partial charge in [-0.25, -0.2) is 9.97 Å². The Morgan fingerprint density at radius 2 is 2.00 bits per heavy atom. The summed E-state index contributed by atoms with van der Waals surface area (Å²) in [6, 6.07) is 10.7. The first kappa shape index (κ1) is 14.2. The zero-order valence-electron chi connectivity index (χ0n) is 11.0. The summed E-state index contributed by atoms with van der Waals surface area (Å²) in [5, 5.41) is 3.55. The molecule has 0 aliphatic rings. The molecular formula is C15H18BrN3. The minimum absolute atomic E-state index is 0.240. The highest BCUT2D eigenvalue weighted by molar-refractivity contribution is 9.10. The van der Waals surface area contributed by atoms with Crippen LogP contribution < -0.4 is 5.32 Å². The molecule has 0 bridgehead atoms. The van der Waals surface area contributed by atoms with E-state index in [1.165, 1.54) is 5.56 Å². The minimum Gasteiger partial charge on any atom is -0.308 e. The predicted molar refractivity (Wildman–Crippen MR) is 80.9 cm³/mol. The summed E-state index contributed by atoms with van der Waals surface area (Å²) in [7, 11) is 0. The first-order valence-corrected chi connectivity index (χ1v) is 7.32. The smallest absolute Gasteiger partial charge is 0.115 e. The van der Waals surface area contributed by atoms with E-state index < -0.39 is 0 Å². The van der Waals surface area contributed by atoms with Gasteiger partial charge in [0.15, 0.2) is 0 Å². The van der Waals surface area contributed by atoms with E-state index in [2.05, 4.69) is 62.4 Å². The normalized spacial score (nSPS) is 12.3. The SMILES string of the molecule is CCCNC(Cc1ccc(Br)cc1)c1ccncn1. The average molecular weight is 320 g/mol. The van der Waals surface area contributed by atoms with Crippen molar-refractivity contribution in [2.45, 2.75) is 25.8 Å². The van der Waals surface area contributed by atoms with Crippen molar-refractivity contribution in [2.24, 2.45) is 0 Å². The molecule has 0 saturated carbocycles. The molecular weight excluding hydrogens is 302 g/mol. The number of nitrogens with one attached hydrogen (secondary N) is 1. The van der Waals surface area contributed by atoms with Gasteiger partial charge in [-0.05, 0) is 43.1 Å². The summed E-state index contributed by atoms with van der Waals surface area (Å²) < 4.78 is 1.11. The highest BCUT2D eigenvalue weighted by Gasteiger charge is 2.12. The van der Waals surface area contributed by atoms with Gasteiger partial charge in [0.1, 0.15) is 6.33 Å². The van der Waals surface area contributed by atoms with Crippen LogP contribution in [0, 0.1) is 0 Å². The Morgan fingerprint density at radius 1 is 1.21 bits per heavy atom. The molecule has 100 valence electrons. The summed E-state index contributed by atoms with van der Waals surface area (Å²) in [5.74, 6) is 0. The van der Waals surface area contributed by atoms with E-state index in [1.54, 1.807) is 12.5 Å². The molecule has 0 aliphatic carbocycles. The van der Waals surface area contributed by atoms with E-state index in [1.807, 2.05) is 6.07 Å². The van der Waals surface area contributed by atoms with Crippen LogP contribution in [-0.4, -0.2) is 16.5 Å². The largest absolute Gasteiger partial charge is 0.308 e. The van der Waals surface area contributed by atoms with Gasteiger partial charge in [-0.3, -0.25) is 0 Å². The molecule has 0 saturated heterocycles. The van der Waals surface area contributed by atoms with Crippen molar-refractivity contribution in [1.82, 2.24) is 15.3 Å². The van der Waals surface area contributed by atoms with Crippen molar-refractivity contribution in [1.29, 1.82) is 0 Å². The van der Waals surface area contributed by atoms with Gasteiger partial charge < -0.3 is 5.32 Å². The zero-order valence-corrected chi connectivity index (χ0v) is 12.6. The molecule has 1 aromatic heterocycles. The summed E-state index contributed by atoms with van der Waals surface area (Å²) in [4.78, 5) is 8.34. The maximum Gasteiger partial charge on any atom is 0.115 e. The van der Waals surface area contributed by atoms with Crippen LogP contribution in [-0.2, 0) is 6.42 Å². The van der Waals surface area contributed by atoms with E-state index in [4.69, 9.17) is 0 Å². The standard InChI is InChI=1S/C15H18BrN3/c1-2-8-18-15(14-7-9-17-11-19-14)10-12-3-5-13(16)6-4-12/h3-7,9,11,15,18H,2,8,10H2,1H3. The monoisotopic (exact) mass is 319 g/mol. The lowest BCUT2D eigenvalue weighted by Gasteiger charge is -2.18. The van der Waals surface area contributed by atoms with Gasteiger partial charge in [0.25, 0.3) is 0 Å². The van der Waals surface area contributed by atoms with Crippen LogP contribution in [0.4, 0.5) is 0 Å². The molecule has 3 nitrogen and oxygen atoms in total. The molecule has 1 aromatic carbocycles. The van der Waals surface area contributed by atoms with E-state index in [0.29, 0.717) is 0 Å². The molecule has 19 heavy (non-hydrogen) atoms. The molecule has 0 spiro atoms. The Labute approximate surface area is 122 Å². The lowest BCUT2D eigenvalue weighted by molar-refractivity contribution is 0.517. The van der Waals surface area contributed by atoms with Gasteiger partial charge in [0.05, 0.1) is 11.7 Å². The molecule has 1 heterocycles. The number of hydrogen-bond donors (Lipinski definition) is 1. The van der Waals surface area contributed by atoms with E-state index in [0.717, 1.165) is 29.6 Å². The maximum absolute atomic E-state index is 4.36. The highest BCUT2D eigenvalue weighted by atomic mass is 79.9. The summed E-state index contributed by atoms with van der Waals surface area (Å²) in [6.07, 6.45) is 5.45. The van der Waals surface area contributed by atoms with Crippen molar-refractivity contribution < 1.29 is 0 Å². The molecule has 0 aliphatic heterocycles. The lowest BCUT2D eigenvalue weighted by Crippen LogP contribution is -2.25. The van der Waals surface area contributed by atoms with E-state index in [9.17, 15) is 0 Å². The van der Waals surface area contributed by atoms with Crippen LogP contribution in [0.1, 0.15) is 30.6 Å². The summed E-state index contributed by atoms with van der Waals surface area (Å²) in [6.45, 7) is 3.16. The number of rotatable bonds is 6. The topological polar surface area (TPSA) is 37.8 Å². The second-order valence-corrected chi connectivity index (χ2v) is 5.39. The van der Waals surface area contributed by atoms with Crippen molar-refractivity contribution in [2.75, 3.05) is 6.54 Å². The molecule has 1 N–H and O–H groups in total. The van der Waals surface area contributed by atoms with Crippen molar-refractivity contribution in [3.05, 3.63) is 58.6 Å². The molecule has 1 unspecified atom stereocenters. The van der Waals surface area contributed by atoms with Crippen molar-refractivity contribution in [3.8, 4) is 0 Å². The third-order valence-electron chi connectivity index (χ3n) is 2.96. The van der Waals surface area contributed by atoms with Crippen LogP contribution in [0.2, 0.25) is 0 Å². The van der Waals surface area contributed by atoms with Gasteiger partial charge in [0.2, 0.25) is 0 Å². The molecule has 1 atom stereocenters. The fraction of sp³-hybridized carbons (Fsp3) is 0.333. The van der Waals surface area contributed by atoms with Crippen LogP contribution >= 0.6 is 15.9 Å². The van der Waals surface area contributed by atoms with Gasteiger partial charge in [-0.1, -0.05) is 35.0 Å². The average Bonchev–Trinajstić information content (AvgIpc) is 2.46. The number of nitrogens with zero attached hydrogens (tertiary/aromatic N) is 2. The summed E-state index contributed by atoms with van der Waals surface area (Å²) in [5.41, 5.74) is 2.35. The van der Waals surface area contributed by atoms with Gasteiger partial charge in [0, 0.05) is 10.7 Å². The van der Waals surface area contributed by atoms with Gasteiger partial charge in [-0.15, -0.1) is 0 Å². The first-order chi connectivity index (χ1) is 9.29. The molecule has 2 rings (SSSR count). The van der Waals surface area contributed by atoms with Crippen LogP contribution in [0.5, 0.6) is 0 Å². The molecule has 0 radical (unpaired) electrons. The van der Waals surface area contributed by atoms with E-state index in [-0.39, 0.29) is 6.04 Å². The second kappa shape index (κ2) is 7.36. The van der Waals surface area contributed by atoms with Crippen LogP contribution in [0.3, 0.4) is 0 Å². The Hall–Kier alpha value is -1.26. The quantitative estimate of drug-likeness (QED) is 0.885. The Morgan fingerprint density at radius 3 is 2.63 bits per heavy atom. The fourth-order valence-corrected chi connectivity index (χ4v) is 2.23. The molecule has 4 heteroatoms. The van der Waals surface area contributed by atoms with Crippen molar-refractivity contribution >= 4 is 15.9 Å². The maximum atomic E-state index is 4.36. The fourth-order valence-electron chi connectivity index (χ4n) is 1.96. The second-order valence-electron chi connectivity index (χ2n) is 4.47. The number of aromatic nitrogens is 2. The van der Waals surface area contributed by atoms with Crippen molar-refractivity contribution in [3.63, 3.8) is 0 Å². The van der Waals surface area contributed by atoms with E-state index >= 15 is 0 Å². The third-order valence-corrected chi connectivity index (χ3v) is 3.48. The van der Waals surface area contributed by atoms with Crippen LogP contribution in [0.25, 0.3) is 0 Å². The Bertz CT molecular complexity index is 485. The minimum atomic E-state index is 0.240. The molecule has 2 aromatic rings. The zero-order chi connectivity index (χ0) is 13.5. The third kappa shape index (κ3) is 4.40. The highest BCUT2D eigenvalue weighted by Crippen LogP contribution is 2.18. The Kier molecular flexibility index (Phi) is 5.48.